The number of methoxy groups -OCH3 is 2. The molecule has 0 bridgehead atoms. The van der Waals surface area contributed by atoms with Crippen molar-refractivity contribution >= 4 is 17.8 Å². The summed E-state index contributed by atoms with van der Waals surface area (Å²) in [7, 11) is 3.07. The van der Waals surface area contributed by atoms with Crippen molar-refractivity contribution in [2.75, 3.05) is 27.4 Å². The van der Waals surface area contributed by atoms with Gasteiger partial charge in [0.25, 0.3) is 11.8 Å². The summed E-state index contributed by atoms with van der Waals surface area (Å²) in [5, 5.41) is 5.28. The summed E-state index contributed by atoms with van der Waals surface area (Å²) in [6, 6.07) is 8.45. The fourth-order valence-electron chi connectivity index (χ4n) is 2.39. The van der Waals surface area contributed by atoms with Crippen LogP contribution >= 0.6 is 0 Å². The van der Waals surface area contributed by atoms with Crippen molar-refractivity contribution < 1.29 is 33.0 Å². The largest absolute Gasteiger partial charge is 0.493 e. The zero-order valence-corrected chi connectivity index (χ0v) is 16.4. The highest BCUT2D eigenvalue weighted by molar-refractivity contribution is 5.91. The van der Waals surface area contributed by atoms with Gasteiger partial charge in [0.05, 0.1) is 20.5 Å². The van der Waals surface area contributed by atoms with E-state index in [2.05, 4.69) is 10.6 Å². The summed E-state index contributed by atoms with van der Waals surface area (Å²) in [6.45, 7) is 0.181. The highest BCUT2D eigenvalue weighted by atomic mass is 16.5. The second-order valence-corrected chi connectivity index (χ2v) is 5.96. The molecule has 0 aliphatic carbocycles. The minimum atomic E-state index is -0.515. The predicted molar refractivity (Wildman–Crippen MR) is 103 cm³/mol. The Kier molecular flexibility index (Phi) is 8.55. The average Bonchev–Trinajstić information content (AvgIpc) is 3.28. The van der Waals surface area contributed by atoms with E-state index in [4.69, 9.17) is 18.6 Å². The molecule has 2 amide bonds. The molecule has 0 fully saturated rings. The van der Waals surface area contributed by atoms with Crippen molar-refractivity contribution in [3.8, 4) is 11.5 Å². The van der Waals surface area contributed by atoms with Crippen molar-refractivity contribution in [2.24, 2.45) is 0 Å². The lowest BCUT2D eigenvalue weighted by molar-refractivity contribution is -0.148. The molecule has 9 nitrogen and oxygen atoms in total. The van der Waals surface area contributed by atoms with Crippen LogP contribution in [0.4, 0.5) is 0 Å². The molecule has 0 radical (unpaired) electrons. The van der Waals surface area contributed by atoms with Crippen molar-refractivity contribution in [3.05, 3.63) is 47.9 Å². The van der Waals surface area contributed by atoms with Crippen molar-refractivity contribution in [3.63, 3.8) is 0 Å². The van der Waals surface area contributed by atoms with Gasteiger partial charge >= 0.3 is 5.97 Å². The molecular formula is C20H24N2O7. The maximum atomic E-state index is 11.8. The van der Waals surface area contributed by atoms with Gasteiger partial charge < -0.3 is 29.3 Å². The average molecular weight is 404 g/mol. The summed E-state index contributed by atoms with van der Waals surface area (Å²) in [4.78, 5) is 35.2. The SMILES string of the molecule is COc1ccc(CNC(=O)COC(=O)CCCNC(=O)c2ccco2)cc1OC. The number of esters is 1. The lowest BCUT2D eigenvalue weighted by Gasteiger charge is -2.10. The van der Waals surface area contributed by atoms with Gasteiger partial charge in [-0.15, -0.1) is 0 Å². The monoisotopic (exact) mass is 404 g/mol. The van der Waals surface area contributed by atoms with Crippen LogP contribution in [0, 0.1) is 0 Å². The Hall–Kier alpha value is -3.49. The Balaban J connectivity index is 1.61. The van der Waals surface area contributed by atoms with E-state index in [1.165, 1.54) is 13.4 Å². The van der Waals surface area contributed by atoms with E-state index in [-0.39, 0.29) is 31.2 Å². The lowest BCUT2D eigenvalue weighted by Crippen LogP contribution is -2.28. The standard InChI is InChI=1S/C20H24N2O7/c1-26-15-8-7-14(11-17(15)27-2)12-22-18(23)13-29-19(24)6-3-9-21-20(25)16-5-4-10-28-16/h4-5,7-8,10-11H,3,6,9,12-13H2,1-2H3,(H,21,25)(H,22,23). The molecule has 29 heavy (non-hydrogen) atoms. The molecule has 2 N–H and O–H groups in total. The van der Waals surface area contributed by atoms with Crippen LogP contribution < -0.4 is 20.1 Å². The van der Waals surface area contributed by atoms with E-state index in [9.17, 15) is 14.4 Å². The van der Waals surface area contributed by atoms with Crippen molar-refractivity contribution in [1.82, 2.24) is 10.6 Å². The second-order valence-electron chi connectivity index (χ2n) is 5.96. The molecule has 1 heterocycles. The second kappa shape index (κ2) is 11.4. The molecule has 1 aromatic heterocycles. The molecule has 0 spiro atoms. The van der Waals surface area contributed by atoms with Crippen LogP contribution in [0.15, 0.2) is 41.0 Å². The van der Waals surface area contributed by atoms with Crippen LogP contribution in [0.1, 0.15) is 29.0 Å². The molecule has 2 rings (SSSR count). The van der Waals surface area contributed by atoms with E-state index >= 15 is 0 Å². The first-order valence-electron chi connectivity index (χ1n) is 8.98. The number of hydrogen-bond donors (Lipinski definition) is 2. The maximum absolute atomic E-state index is 11.8. The van der Waals surface area contributed by atoms with Gasteiger partial charge in [-0.2, -0.15) is 0 Å². The summed E-state index contributed by atoms with van der Waals surface area (Å²) >= 11 is 0. The molecule has 2 aromatic rings. The van der Waals surface area contributed by atoms with Gasteiger partial charge in [0, 0.05) is 19.5 Å². The Bertz CT molecular complexity index is 818. The van der Waals surface area contributed by atoms with E-state index < -0.39 is 11.9 Å². The van der Waals surface area contributed by atoms with Gasteiger partial charge in [-0.25, -0.2) is 0 Å². The summed E-state index contributed by atoms with van der Waals surface area (Å²) in [5.41, 5.74) is 0.814. The molecule has 0 unspecified atom stereocenters. The predicted octanol–water partition coefficient (Wildman–Crippen LogP) is 1.67. The molecule has 0 aliphatic heterocycles. The van der Waals surface area contributed by atoms with Crippen LogP contribution in [0.25, 0.3) is 0 Å². The Morgan fingerprint density at radius 3 is 2.52 bits per heavy atom. The zero-order valence-electron chi connectivity index (χ0n) is 16.4. The fraction of sp³-hybridized carbons (Fsp3) is 0.350. The zero-order chi connectivity index (χ0) is 21.1. The third-order valence-corrected chi connectivity index (χ3v) is 3.89. The minimum Gasteiger partial charge on any atom is -0.493 e. The number of carbonyl (C=O) groups excluding carboxylic acids is 3. The van der Waals surface area contributed by atoms with Crippen LogP contribution in [-0.4, -0.2) is 45.2 Å². The number of rotatable bonds is 11. The van der Waals surface area contributed by atoms with E-state index in [0.29, 0.717) is 24.5 Å². The molecule has 0 saturated carbocycles. The minimum absolute atomic E-state index is 0.0847. The van der Waals surface area contributed by atoms with Gasteiger partial charge in [0.1, 0.15) is 0 Å². The number of furan rings is 1. The van der Waals surface area contributed by atoms with E-state index in [1.807, 2.05) is 0 Å². The van der Waals surface area contributed by atoms with E-state index in [0.717, 1.165) is 5.56 Å². The first kappa shape index (κ1) is 21.8. The van der Waals surface area contributed by atoms with Crippen LogP contribution in [-0.2, 0) is 20.9 Å². The quantitative estimate of drug-likeness (QED) is 0.432. The van der Waals surface area contributed by atoms with Crippen LogP contribution in [0.2, 0.25) is 0 Å². The molecular weight excluding hydrogens is 380 g/mol. The number of carbonyl (C=O) groups is 3. The number of ether oxygens (including phenoxy) is 3. The molecule has 0 atom stereocenters. The Morgan fingerprint density at radius 1 is 1.03 bits per heavy atom. The molecule has 0 aliphatic rings. The summed E-state index contributed by atoms with van der Waals surface area (Å²) in [5.74, 6) is 0.0797. The first-order chi connectivity index (χ1) is 14.0. The Morgan fingerprint density at radius 2 is 1.83 bits per heavy atom. The third-order valence-electron chi connectivity index (χ3n) is 3.89. The summed E-state index contributed by atoms with van der Waals surface area (Å²) < 4.78 is 20.2. The molecule has 1 aromatic carbocycles. The summed E-state index contributed by atoms with van der Waals surface area (Å²) in [6.07, 6.45) is 1.88. The third kappa shape index (κ3) is 7.21. The number of benzene rings is 1. The van der Waals surface area contributed by atoms with Gasteiger partial charge in [-0.1, -0.05) is 6.07 Å². The van der Waals surface area contributed by atoms with Gasteiger partial charge in [0.15, 0.2) is 23.9 Å². The van der Waals surface area contributed by atoms with Gasteiger partial charge in [0.2, 0.25) is 0 Å². The van der Waals surface area contributed by atoms with Crippen LogP contribution in [0.3, 0.4) is 0 Å². The number of hydrogen-bond acceptors (Lipinski definition) is 7. The fourth-order valence-corrected chi connectivity index (χ4v) is 2.39. The van der Waals surface area contributed by atoms with Crippen molar-refractivity contribution in [1.29, 1.82) is 0 Å². The lowest BCUT2D eigenvalue weighted by atomic mass is 10.2. The van der Waals surface area contributed by atoms with E-state index in [1.54, 1.807) is 37.4 Å². The first-order valence-corrected chi connectivity index (χ1v) is 8.98. The number of amides is 2. The topological polar surface area (TPSA) is 116 Å². The Labute approximate surface area is 168 Å². The van der Waals surface area contributed by atoms with Gasteiger partial charge in [-0.3, -0.25) is 14.4 Å². The molecule has 156 valence electrons. The smallest absolute Gasteiger partial charge is 0.306 e. The molecule has 9 heteroatoms. The normalized spacial score (nSPS) is 10.1. The highest BCUT2D eigenvalue weighted by Gasteiger charge is 2.10. The molecule has 0 saturated heterocycles. The highest BCUT2D eigenvalue weighted by Crippen LogP contribution is 2.27. The van der Waals surface area contributed by atoms with Gasteiger partial charge in [-0.05, 0) is 36.2 Å². The van der Waals surface area contributed by atoms with Crippen LogP contribution in [0.5, 0.6) is 11.5 Å². The number of nitrogens with one attached hydrogen (secondary N) is 2. The van der Waals surface area contributed by atoms with Crippen molar-refractivity contribution in [2.45, 2.75) is 19.4 Å². The maximum Gasteiger partial charge on any atom is 0.306 e.